The minimum absolute atomic E-state index is 0.159. The van der Waals surface area contributed by atoms with Crippen molar-refractivity contribution in [2.75, 3.05) is 24.6 Å². The standard InChI is InChI=1S/C16H18F3N3O4S/c1-10-3-4-13(15-14(10)20-5-6-21-15)22-7-11(2)26-12(8-22)9-25-27(23,24)16(17,18)19/h3-6,11-12H,7-9H2,1-2H3/t11-,12-/m1/s1. The summed E-state index contributed by atoms with van der Waals surface area (Å²) in [5.74, 6) is 0. The third-order valence-corrected chi connectivity index (χ3v) is 5.18. The van der Waals surface area contributed by atoms with E-state index in [0.717, 1.165) is 16.8 Å². The predicted octanol–water partition coefficient (Wildman–Crippen LogP) is 2.40. The van der Waals surface area contributed by atoms with Crippen LogP contribution in [0.3, 0.4) is 0 Å². The quantitative estimate of drug-likeness (QED) is 0.571. The number of aromatic nitrogens is 2. The summed E-state index contributed by atoms with van der Waals surface area (Å²) in [5.41, 5.74) is -2.38. The van der Waals surface area contributed by atoms with Crippen LogP contribution in [0.4, 0.5) is 18.9 Å². The summed E-state index contributed by atoms with van der Waals surface area (Å²) < 4.78 is 69.2. The monoisotopic (exact) mass is 405 g/mol. The molecule has 148 valence electrons. The summed E-state index contributed by atoms with van der Waals surface area (Å²) in [7, 11) is -5.66. The normalized spacial score (nSPS) is 21.6. The van der Waals surface area contributed by atoms with Gasteiger partial charge in [0.05, 0.1) is 23.9 Å². The molecule has 2 atom stereocenters. The number of rotatable bonds is 4. The van der Waals surface area contributed by atoms with Crippen LogP contribution in [-0.2, 0) is 19.0 Å². The number of hydrogen-bond donors (Lipinski definition) is 0. The van der Waals surface area contributed by atoms with E-state index in [4.69, 9.17) is 4.74 Å². The summed E-state index contributed by atoms with van der Waals surface area (Å²) in [6, 6.07) is 3.74. The SMILES string of the molecule is Cc1ccc(N2C[C@H](COS(=O)(=O)C(F)(F)F)O[C@H](C)C2)c2nccnc12. The van der Waals surface area contributed by atoms with Crippen molar-refractivity contribution in [3.05, 3.63) is 30.1 Å². The van der Waals surface area contributed by atoms with Crippen LogP contribution in [0.2, 0.25) is 0 Å². The number of hydrogen-bond acceptors (Lipinski definition) is 7. The van der Waals surface area contributed by atoms with Gasteiger partial charge in [-0.3, -0.25) is 14.2 Å². The number of anilines is 1. The fourth-order valence-corrected chi connectivity index (χ4v) is 3.46. The summed E-state index contributed by atoms with van der Waals surface area (Å²) in [6.45, 7) is 3.56. The molecule has 0 amide bonds. The van der Waals surface area contributed by atoms with Crippen molar-refractivity contribution in [2.45, 2.75) is 31.6 Å². The van der Waals surface area contributed by atoms with E-state index in [2.05, 4.69) is 14.2 Å². The van der Waals surface area contributed by atoms with Gasteiger partial charge in [-0.05, 0) is 25.5 Å². The number of halogens is 3. The number of alkyl halides is 3. The lowest BCUT2D eigenvalue weighted by Gasteiger charge is -2.38. The molecule has 2 aromatic rings. The summed E-state index contributed by atoms with van der Waals surface area (Å²) >= 11 is 0. The maximum Gasteiger partial charge on any atom is 0.523 e. The van der Waals surface area contributed by atoms with Gasteiger partial charge in [-0.25, -0.2) is 0 Å². The van der Waals surface area contributed by atoms with Gasteiger partial charge in [-0.15, -0.1) is 0 Å². The molecule has 0 spiro atoms. The molecule has 27 heavy (non-hydrogen) atoms. The highest BCUT2D eigenvalue weighted by molar-refractivity contribution is 7.87. The summed E-state index contributed by atoms with van der Waals surface area (Å²) in [6.07, 6.45) is 1.96. The van der Waals surface area contributed by atoms with Crippen molar-refractivity contribution in [1.29, 1.82) is 0 Å². The molecule has 2 heterocycles. The average Bonchev–Trinajstić information content (AvgIpc) is 2.59. The molecular weight excluding hydrogens is 387 g/mol. The van der Waals surface area contributed by atoms with Crippen molar-refractivity contribution < 1.29 is 30.5 Å². The highest BCUT2D eigenvalue weighted by Crippen LogP contribution is 2.29. The van der Waals surface area contributed by atoms with E-state index in [1.54, 1.807) is 19.3 Å². The number of aryl methyl sites for hydroxylation is 1. The Morgan fingerprint density at radius 3 is 2.56 bits per heavy atom. The minimum Gasteiger partial charge on any atom is -0.369 e. The van der Waals surface area contributed by atoms with Gasteiger partial charge in [-0.1, -0.05) is 6.07 Å². The summed E-state index contributed by atoms with van der Waals surface area (Å²) in [4.78, 5) is 10.6. The van der Waals surface area contributed by atoms with Crippen LogP contribution < -0.4 is 4.90 Å². The fraction of sp³-hybridized carbons (Fsp3) is 0.500. The molecule has 11 heteroatoms. The number of nitrogens with zero attached hydrogens (tertiary/aromatic N) is 3. The third kappa shape index (κ3) is 4.14. The Kier molecular flexibility index (Phi) is 5.28. The first-order valence-electron chi connectivity index (χ1n) is 8.15. The van der Waals surface area contributed by atoms with Crippen LogP contribution >= 0.6 is 0 Å². The zero-order chi connectivity index (χ0) is 19.8. The molecule has 0 bridgehead atoms. The van der Waals surface area contributed by atoms with Gasteiger partial charge >= 0.3 is 15.6 Å². The second-order valence-electron chi connectivity index (χ2n) is 6.31. The molecule has 0 radical (unpaired) electrons. The Balaban J connectivity index is 1.82. The van der Waals surface area contributed by atoms with E-state index in [0.29, 0.717) is 12.1 Å². The molecule has 3 rings (SSSR count). The zero-order valence-electron chi connectivity index (χ0n) is 14.6. The van der Waals surface area contributed by atoms with Crippen molar-refractivity contribution in [3.8, 4) is 0 Å². The molecule has 7 nitrogen and oxygen atoms in total. The molecule has 1 saturated heterocycles. The molecule has 1 aromatic heterocycles. The minimum atomic E-state index is -5.66. The Bertz CT molecular complexity index is 936. The molecular formula is C16H18F3N3O4S. The Hall–Kier alpha value is -1.98. The highest BCUT2D eigenvalue weighted by Gasteiger charge is 2.47. The van der Waals surface area contributed by atoms with Gasteiger partial charge in [0.25, 0.3) is 0 Å². The smallest absolute Gasteiger partial charge is 0.369 e. The van der Waals surface area contributed by atoms with E-state index in [1.165, 1.54) is 0 Å². The molecule has 0 saturated carbocycles. The number of morpholine rings is 1. The fourth-order valence-electron chi connectivity index (χ4n) is 3.00. The largest absolute Gasteiger partial charge is 0.523 e. The van der Waals surface area contributed by atoms with E-state index in [1.807, 2.05) is 24.0 Å². The Labute approximate surface area is 154 Å². The van der Waals surface area contributed by atoms with Crippen molar-refractivity contribution in [1.82, 2.24) is 9.97 Å². The van der Waals surface area contributed by atoms with E-state index in [9.17, 15) is 21.6 Å². The molecule has 0 unspecified atom stereocenters. The van der Waals surface area contributed by atoms with Gasteiger partial charge in [0.15, 0.2) is 0 Å². The lowest BCUT2D eigenvalue weighted by Crippen LogP contribution is -2.49. The van der Waals surface area contributed by atoms with Crippen molar-refractivity contribution in [2.24, 2.45) is 0 Å². The Morgan fingerprint density at radius 1 is 1.22 bits per heavy atom. The van der Waals surface area contributed by atoms with E-state index in [-0.39, 0.29) is 12.6 Å². The van der Waals surface area contributed by atoms with Crippen LogP contribution in [0, 0.1) is 6.92 Å². The van der Waals surface area contributed by atoms with Crippen LogP contribution in [0.25, 0.3) is 11.0 Å². The van der Waals surface area contributed by atoms with Crippen LogP contribution in [0.5, 0.6) is 0 Å². The molecule has 1 fully saturated rings. The van der Waals surface area contributed by atoms with Crippen molar-refractivity contribution in [3.63, 3.8) is 0 Å². The average molecular weight is 405 g/mol. The predicted molar refractivity (Wildman–Crippen MR) is 91.7 cm³/mol. The van der Waals surface area contributed by atoms with Crippen LogP contribution in [0.1, 0.15) is 12.5 Å². The van der Waals surface area contributed by atoms with Gasteiger partial charge in [0.2, 0.25) is 0 Å². The second kappa shape index (κ2) is 7.21. The maximum atomic E-state index is 12.4. The van der Waals surface area contributed by atoms with E-state index >= 15 is 0 Å². The van der Waals surface area contributed by atoms with Crippen molar-refractivity contribution >= 4 is 26.8 Å². The molecule has 1 aromatic carbocycles. The van der Waals surface area contributed by atoms with Gasteiger partial charge < -0.3 is 9.64 Å². The lowest BCUT2D eigenvalue weighted by molar-refractivity contribution is -0.0656. The van der Waals surface area contributed by atoms with Crippen LogP contribution in [-0.4, -0.2) is 55.8 Å². The lowest BCUT2D eigenvalue weighted by atomic mass is 10.1. The first-order chi connectivity index (χ1) is 12.6. The molecule has 0 N–H and O–H groups in total. The van der Waals surface area contributed by atoms with Gasteiger partial charge in [0, 0.05) is 25.5 Å². The molecule has 0 aliphatic carbocycles. The van der Waals surface area contributed by atoms with E-state index < -0.39 is 28.3 Å². The first-order valence-corrected chi connectivity index (χ1v) is 9.56. The summed E-state index contributed by atoms with van der Waals surface area (Å²) in [5, 5.41) is 0. The number of fused-ring (bicyclic) bond motifs is 1. The highest BCUT2D eigenvalue weighted by atomic mass is 32.2. The number of ether oxygens (including phenoxy) is 1. The van der Waals surface area contributed by atoms with Gasteiger partial charge in [-0.2, -0.15) is 21.6 Å². The third-order valence-electron chi connectivity index (χ3n) is 4.17. The molecule has 1 aliphatic heterocycles. The first kappa shape index (κ1) is 19.8. The Morgan fingerprint density at radius 2 is 1.89 bits per heavy atom. The van der Waals surface area contributed by atoms with Gasteiger partial charge in [0.1, 0.15) is 11.6 Å². The second-order valence-corrected chi connectivity index (χ2v) is 7.92. The van der Waals surface area contributed by atoms with Crippen LogP contribution in [0.15, 0.2) is 24.5 Å². The molecule has 1 aliphatic rings. The maximum absolute atomic E-state index is 12.4. The zero-order valence-corrected chi connectivity index (χ0v) is 15.4. The topological polar surface area (TPSA) is 81.6 Å². The number of benzene rings is 1.